The zero-order valence-corrected chi connectivity index (χ0v) is 24.2. The summed E-state index contributed by atoms with van der Waals surface area (Å²) in [5, 5.41) is 13.9. The van der Waals surface area contributed by atoms with Crippen LogP contribution in [0.2, 0.25) is 0 Å². The van der Waals surface area contributed by atoms with Crippen molar-refractivity contribution in [3.05, 3.63) is 29.8 Å². The molecule has 0 bridgehead atoms. The van der Waals surface area contributed by atoms with E-state index in [1.165, 1.54) is 0 Å². The van der Waals surface area contributed by atoms with Crippen molar-refractivity contribution in [2.45, 2.75) is 76.9 Å². The Morgan fingerprint density at radius 1 is 1.10 bits per heavy atom. The molecule has 1 aromatic rings. The second-order valence-corrected chi connectivity index (χ2v) is 10.7. The van der Waals surface area contributed by atoms with Gasteiger partial charge in [0.25, 0.3) is 5.91 Å². The molecule has 2 aliphatic rings. The van der Waals surface area contributed by atoms with Gasteiger partial charge in [-0.3, -0.25) is 24.0 Å². The Labute approximate surface area is 241 Å². The zero-order chi connectivity index (χ0) is 29.8. The predicted octanol–water partition coefficient (Wildman–Crippen LogP) is 0.796. The van der Waals surface area contributed by atoms with Gasteiger partial charge < -0.3 is 36.1 Å². The maximum Gasteiger partial charge on any atom is 0.255 e. The number of carbonyl (C=O) groups is 5. The van der Waals surface area contributed by atoms with Crippen LogP contribution in [-0.4, -0.2) is 80.1 Å². The summed E-state index contributed by atoms with van der Waals surface area (Å²) >= 11 is 0. The first-order valence-electron chi connectivity index (χ1n) is 14.4. The van der Waals surface area contributed by atoms with Gasteiger partial charge >= 0.3 is 0 Å². The fraction of sp³-hybridized carbons (Fsp3) is 0.621. The third kappa shape index (κ3) is 8.91. The van der Waals surface area contributed by atoms with E-state index in [9.17, 15) is 24.0 Å². The minimum absolute atomic E-state index is 0.0696. The molecule has 0 unspecified atom stereocenters. The van der Waals surface area contributed by atoms with Crippen LogP contribution in [0.3, 0.4) is 0 Å². The number of rotatable bonds is 6. The van der Waals surface area contributed by atoms with Gasteiger partial charge in [0, 0.05) is 13.2 Å². The van der Waals surface area contributed by atoms with Crippen LogP contribution in [0.1, 0.15) is 69.7 Å². The van der Waals surface area contributed by atoms with Gasteiger partial charge in [-0.2, -0.15) is 0 Å². The fourth-order valence-corrected chi connectivity index (χ4v) is 5.07. The highest BCUT2D eigenvalue weighted by Crippen LogP contribution is 2.29. The average molecular weight is 574 g/mol. The van der Waals surface area contributed by atoms with Crippen LogP contribution in [0.4, 0.5) is 0 Å². The number of para-hydroxylation sites is 1. The van der Waals surface area contributed by atoms with Gasteiger partial charge in [0.1, 0.15) is 30.0 Å². The maximum absolute atomic E-state index is 13.7. The third-order valence-corrected chi connectivity index (χ3v) is 7.31. The van der Waals surface area contributed by atoms with Crippen molar-refractivity contribution in [3.63, 3.8) is 0 Å². The van der Waals surface area contributed by atoms with Crippen molar-refractivity contribution in [1.82, 2.24) is 26.6 Å². The lowest BCUT2D eigenvalue weighted by Gasteiger charge is -2.38. The molecule has 1 aromatic carbocycles. The Hall–Kier alpha value is -3.67. The van der Waals surface area contributed by atoms with Gasteiger partial charge in [0.15, 0.2) is 0 Å². The van der Waals surface area contributed by atoms with E-state index >= 15 is 0 Å². The van der Waals surface area contributed by atoms with E-state index in [4.69, 9.17) is 9.47 Å². The summed E-state index contributed by atoms with van der Waals surface area (Å²) in [4.78, 5) is 66.6. The van der Waals surface area contributed by atoms with Crippen molar-refractivity contribution in [2.75, 3.05) is 32.9 Å². The fourth-order valence-electron chi connectivity index (χ4n) is 5.07. The number of amides is 5. The lowest BCUT2D eigenvalue weighted by Crippen LogP contribution is -2.64. The van der Waals surface area contributed by atoms with E-state index < -0.39 is 47.7 Å². The van der Waals surface area contributed by atoms with Crippen LogP contribution in [0.25, 0.3) is 0 Å². The monoisotopic (exact) mass is 573 g/mol. The van der Waals surface area contributed by atoms with Gasteiger partial charge in [-0.15, -0.1) is 0 Å². The molecular weight excluding hydrogens is 530 g/mol. The van der Waals surface area contributed by atoms with Crippen LogP contribution in [-0.2, 0) is 23.9 Å². The molecule has 12 nitrogen and oxygen atoms in total. The first kappa shape index (κ1) is 31.9. The van der Waals surface area contributed by atoms with Crippen LogP contribution >= 0.6 is 0 Å². The Balaban J connectivity index is 1.93. The SMILES string of the molecule is CCOCCNC(=O)[C@@H]1CC(=O)NC2(CCCCC2)C(=O)N[C@H](C(C)C)C(=O)NCCOc2ccccc2C(=O)N1. The molecule has 2 atom stereocenters. The average Bonchev–Trinajstić information content (AvgIpc) is 2.95. The van der Waals surface area contributed by atoms with Crippen LogP contribution in [0.15, 0.2) is 24.3 Å². The van der Waals surface area contributed by atoms with Crippen LogP contribution in [0, 0.1) is 5.92 Å². The summed E-state index contributed by atoms with van der Waals surface area (Å²) in [6.07, 6.45) is 2.76. The highest BCUT2D eigenvalue weighted by atomic mass is 16.5. The van der Waals surface area contributed by atoms with Crippen LogP contribution < -0.4 is 31.3 Å². The van der Waals surface area contributed by atoms with Gasteiger partial charge in [-0.1, -0.05) is 45.2 Å². The molecule has 5 N–H and O–H groups in total. The quantitative estimate of drug-likeness (QED) is 0.314. The predicted molar refractivity (Wildman–Crippen MR) is 151 cm³/mol. The minimum atomic E-state index is -1.23. The van der Waals surface area contributed by atoms with Gasteiger partial charge in [0.05, 0.1) is 25.1 Å². The molecule has 3 rings (SSSR count). The van der Waals surface area contributed by atoms with Crippen molar-refractivity contribution in [1.29, 1.82) is 0 Å². The van der Waals surface area contributed by atoms with Gasteiger partial charge in [-0.05, 0) is 37.8 Å². The first-order valence-corrected chi connectivity index (χ1v) is 14.4. The topological polar surface area (TPSA) is 164 Å². The molecule has 1 spiro atoms. The number of benzene rings is 1. The molecule has 0 aromatic heterocycles. The number of nitrogens with one attached hydrogen (secondary N) is 5. The minimum Gasteiger partial charge on any atom is -0.491 e. The molecule has 226 valence electrons. The largest absolute Gasteiger partial charge is 0.491 e. The standard InChI is InChI=1S/C29H43N5O7/c1-4-40-16-14-30-26(37)21-18-23(35)34-29(12-8-5-9-13-29)28(39)33-24(19(2)3)27(38)31-15-17-41-22-11-7-6-10-20(22)25(36)32-21/h6-7,10-11,19,21,24H,4-5,8-9,12-18H2,1-3H3,(H,30,37)(H,31,38)(H,32,36)(H,33,39)(H,34,35)/t21-,24+/m0/s1. The Bertz CT molecular complexity index is 1090. The second kappa shape index (κ2) is 15.4. The third-order valence-electron chi connectivity index (χ3n) is 7.31. The van der Waals surface area contributed by atoms with Crippen molar-refractivity contribution < 1.29 is 33.4 Å². The summed E-state index contributed by atoms with van der Waals surface area (Å²) in [5.41, 5.74) is -1.05. The lowest BCUT2D eigenvalue weighted by atomic mass is 9.80. The molecular formula is C29H43N5O7. The van der Waals surface area contributed by atoms with E-state index in [0.29, 0.717) is 19.4 Å². The summed E-state index contributed by atoms with van der Waals surface area (Å²) < 4.78 is 11.1. The molecule has 1 aliphatic heterocycles. The van der Waals surface area contributed by atoms with E-state index in [1.54, 1.807) is 24.3 Å². The summed E-state index contributed by atoms with van der Waals surface area (Å²) in [5.74, 6) is -2.48. The van der Waals surface area contributed by atoms with E-state index in [1.807, 2.05) is 20.8 Å². The molecule has 0 radical (unpaired) electrons. The summed E-state index contributed by atoms with van der Waals surface area (Å²) in [6.45, 7) is 6.67. The summed E-state index contributed by atoms with van der Waals surface area (Å²) in [7, 11) is 0. The van der Waals surface area contributed by atoms with Crippen molar-refractivity contribution in [2.24, 2.45) is 5.92 Å². The van der Waals surface area contributed by atoms with Gasteiger partial charge in [-0.25, -0.2) is 0 Å². The normalized spacial score (nSPS) is 22.3. The maximum atomic E-state index is 13.7. The van der Waals surface area contributed by atoms with Crippen molar-refractivity contribution >= 4 is 29.5 Å². The van der Waals surface area contributed by atoms with Gasteiger partial charge in [0.2, 0.25) is 23.6 Å². The molecule has 1 heterocycles. The molecule has 1 saturated carbocycles. The molecule has 12 heteroatoms. The molecule has 0 saturated heterocycles. The Kier molecular flexibility index (Phi) is 11.9. The summed E-state index contributed by atoms with van der Waals surface area (Å²) in [6, 6.07) is 4.48. The van der Waals surface area contributed by atoms with E-state index in [-0.39, 0.29) is 49.4 Å². The van der Waals surface area contributed by atoms with E-state index in [2.05, 4.69) is 26.6 Å². The number of hydrogen-bond acceptors (Lipinski definition) is 7. The second-order valence-electron chi connectivity index (χ2n) is 10.7. The highest BCUT2D eigenvalue weighted by Gasteiger charge is 2.43. The number of ether oxygens (including phenoxy) is 2. The Morgan fingerprint density at radius 3 is 2.54 bits per heavy atom. The number of carbonyl (C=O) groups excluding carboxylic acids is 5. The van der Waals surface area contributed by atoms with Crippen molar-refractivity contribution in [3.8, 4) is 5.75 Å². The smallest absolute Gasteiger partial charge is 0.255 e. The Morgan fingerprint density at radius 2 is 1.83 bits per heavy atom. The van der Waals surface area contributed by atoms with Crippen LogP contribution in [0.5, 0.6) is 5.75 Å². The molecule has 41 heavy (non-hydrogen) atoms. The van der Waals surface area contributed by atoms with E-state index in [0.717, 1.165) is 19.3 Å². The highest BCUT2D eigenvalue weighted by molar-refractivity contribution is 6.01. The molecule has 1 aliphatic carbocycles. The molecule has 1 fully saturated rings. The number of hydrogen-bond donors (Lipinski definition) is 5. The lowest BCUT2D eigenvalue weighted by molar-refractivity contribution is -0.138. The first-order chi connectivity index (χ1) is 19.7. The zero-order valence-electron chi connectivity index (χ0n) is 24.2. The number of fused-ring (bicyclic) bond motifs is 1. The molecule has 5 amide bonds.